The van der Waals surface area contributed by atoms with Crippen molar-refractivity contribution in [1.82, 2.24) is 14.8 Å². The van der Waals surface area contributed by atoms with Crippen LogP contribution in [0.2, 0.25) is 5.02 Å². The molecule has 1 aromatic carbocycles. The molecular formula is C16H14ClN3O. The molecule has 5 heteroatoms. The van der Waals surface area contributed by atoms with Crippen molar-refractivity contribution in [3.05, 3.63) is 51.5 Å². The highest BCUT2D eigenvalue weighted by molar-refractivity contribution is 6.33. The van der Waals surface area contributed by atoms with Crippen LogP contribution in [0.25, 0.3) is 22.0 Å². The number of halogens is 1. The second-order valence-electron chi connectivity index (χ2n) is 5.52. The molecule has 0 bridgehead atoms. The lowest BCUT2D eigenvalue weighted by Crippen LogP contribution is -2.07. The van der Waals surface area contributed by atoms with Crippen LogP contribution in [0.3, 0.4) is 0 Å². The zero-order chi connectivity index (χ0) is 14.6. The number of hydrogen-bond acceptors (Lipinski definition) is 2. The molecule has 1 saturated carbocycles. The lowest BCUT2D eigenvalue weighted by Gasteiger charge is -2.03. The van der Waals surface area contributed by atoms with Gasteiger partial charge >= 0.3 is 0 Å². The number of fused-ring (bicyclic) bond motifs is 1. The van der Waals surface area contributed by atoms with Crippen LogP contribution in [-0.2, 0) is 0 Å². The van der Waals surface area contributed by atoms with E-state index in [9.17, 15) is 4.79 Å². The van der Waals surface area contributed by atoms with Crippen molar-refractivity contribution in [2.75, 3.05) is 0 Å². The van der Waals surface area contributed by atoms with E-state index in [1.165, 1.54) is 12.8 Å². The fourth-order valence-electron chi connectivity index (χ4n) is 2.78. The fourth-order valence-corrected chi connectivity index (χ4v) is 3.04. The Bertz CT molecular complexity index is 906. The van der Waals surface area contributed by atoms with Gasteiger partial charge in [0.15, 0.2) is 0 Å². The van der Waals surface area contributed by atoms with Gasteiger partial charge in [0.1, 0.15) is 0 Å². The Balaban J connectivity index is 1.95. The molecule has 1 aliphatic rings. The molecule has 0 aliphatic heterocycles. The quantitative estimate of drug-likeness (QED) is 0.784. The third kappa shape index (κ3) is 1.98. The van der Waals surface area contributed by atoms with Crippen molar-refractivity contribution in [3.63, 3.8) is 0 Å². The van der Waals surface area contributed by atoms with Crippen molar-refractivity contribution >= 4 is 22.5 Å². The van der Waals surface area contributed by atoms with E-state index in [0.717, 1.165) is 22.2 Å². The molecule has 0 amide bonds. The van der Waals surface area contributed by atoms with Gasteiger partial charge in [-0.3, -0.25) is 9.48 Å². The Labute approximate surface area is 126 Å². The Morgan fingerprint density at radius 3 is 2.86 bits per heavy atom. The Morgan fingerprint density at radius 1 is 1.33 bits per heavy atom. The molecule has 0 radical (unpaired) electrons. The average Bonchev–Trinajstić information content (AvgIpc) is 3.25. The maximum Gasteiger partial charge on any atom is 0.257 e. The molecule has 4 nitrogen and oxygen atoms in total. The number of pyridine rings is 1. The maximum absolute atomic E-state index is 12.0. The molecule has 106 valence electrons. The molecule has 1 N–H and O–H groups in total. The first-order chi connectivity index (χ1) is 10.1. The predicted octanol–water partition coefficient (Wildman–Crippen LogP) is 3.69. The van der Waals surface area contributed by atoms with Crippen LogP contribution in [-0.4, -0.2) is 14.8 Å². The molecule has 0 spiro atoms. The predicted molar refractivity (Wildman–Crippen MR) is 83.8 cm³/mol. The van der Waals surface area contributed by atoms with E-state index >= 15 is 0 Å². The highest BCUT2D eigenvalue weighted by Crippen LogP contribution is 2.37. The third-order valence-corrected chi connectivity index (χ3v) is 4.35. The lowest BCUT2D eigenvalue weighted by molar-refractivity contribution is 0.630. The maximum atomic E-state index is 12.0. The smallest absolute Gasteiger partial charge is 0.257 e. The number of rotatable bonds is 2. The summed E-state index contributed by atoms with van der Waals surface area (Å²) in [5.74, 6) is 0. The number of hydrogen-bond donors (Lipinski definition) is 1. The van der Waals surface area contributed by atoms with Crippen LogP contribution in [0.5, 0.6) is 0 Å². The molecule has 1 fully saturated rings. The number of nitrogens with zero attached hydrogens (tertiary/aromatic N) is 2. The second-order valence-corrected chi connectivity index (χ2v) is 5.93. The minimum atomic E-state index is -0.172. The topological polar surface area (TPSA) is 50.7 Å². The Hall–Kier alpha value is -2.07. The normalized spacial score (nSPS) is 14.8. The summed E-state index contributed by atoms with van der Waals surface area (Å²) in [7, 11) is 0. The number of nitrogens with one attached hydrogen (secondary N) is 1. The molecule has 0 atom stereocenters. The van der Waals surface area contributed by atoms with Crippen molar-refractivity contribution < 1.29 is 0 Å². The molecule has 21 heavy (non-hydrogen) atoms. The molecular weight excluding hydrogens is 286 g/mol. The van der Waals surface area contributed by atoms with Crippen molar-refractivity contribution in [1.29, 1.82) is 0 Å². The van der Waals surface area contributed by atoms with E-state index < -0.39 is 0 Å². The average molecular weight is 300 g/mol. The number of aromatic nitrogens is 3. The van der Waals surface area contributed by atoms with Gasteiger partial charge in [0.2, 0.25) is 0 Å². The summed E-state index contributed by atoms with van der Waals surface area (Å²) in [6.07, 6.45) is 3.96. The first kappa shape index (κ1) is 12.7. The summed E-state index contributed by atoms with van der Waals surface area (Å²) >= 11 is 6.18. The van der Waals surface area contributed by atoms with E-state index in [2.05, 4.69) is 21.7 Å². The number of aryl methyl sites for hydroxylation is 1. The summed E-state index contributed by atoms with van der Waals surface area (Å²) < 4.78 is 2.10. The monoisotopic (exact) mass is 299 g/mol. The van der Waals surface area contributed by atoms with Crippen LogP contribution in [0.15, 0.2) is 35.3 Å². The summed E-state index contributed by atoms with van der Waals surface area (Å²) in [5, 5.41) is 6.20. The van der Waals surface area contributed by atoms with Gasteiger partial charge in [0.05, 0.1) is 22.1 Å². The van der Waals surface area contributed by atoms with Crippen LogP contribution >= 0.6 is 11.6 Å². The van der Waals surface area contributed by atoms with Crippen LogP contribution in [0, 0.1) is 6.92 Å². The molecule has 2 aromatic heterocycles. The van der Waals surface area contributed by atoms with Gasteiger partial charge in [-0.2, -0.15) is 5.10 Å². The Morgan fingerprint density at radius 2 is 2.14 bits per heavy atom. The van der Waals surface area contributed by atoms with Gasteiger partial charge in [0, 0.05) is 17.3 Å². The van der Waals surface area contributed by atoms with Crippen LogP contribution in [0.1, 0.15) is 24.6 Å². The van der Waals surface area contributed by atoms with E-state index in [-0.39, 0.29) is 5.56 Å². The van der Waals surface area contributed by atoms with Gasteiger partial charge in [-0.15, -0.1) is 0 Å². The molecule has 2 heterocycles. The van der Waals surface area contributed by atoms with E-state index in [1.807, 2.05) is 18.2 Å². The SMILES string of the molecule is Cc1c2cc(-c3c(Cl)cc[nH]c3=O)ccc2nn1C1CC1. The number of benzene rings is 1. The van der Waals surface area contributed by atoms with E-state index in [0.29, 0.717) is 16.6 Å². The first-order valence-corrected chi connectivity index (χ1v) is 7.39. The number of aromatic amines is 1. The third-order valence-electron chi connectivity index (χ3n) is 4.04. The second kappa shape index (κ2) is 4.46. The molecule has 0 unspecified atom stereocenters. The minimum Gasteiger partial charge on any atom is -0.328 e. The number of H-pyrrole nitrogens is 1. The largest absolute Gasteiger partial charge is 0.328 e. The van der Waals surface area contributed by atoms with Gasteiger partial charge in [0.25, 0.3) is 5.56 Å². The molecule has 1 aliphatic carbocycles. The fraction of sp³-hybridized carbons (Fsp3) is 0.250. The molecule has 0 saturated heterocycles. The Kier molecular flexibility index (Phi) is 2.69. The van der Waals surface area contributed by atoms with E-state index in [4.69, 9.17) is 11.6 Å². The van der Waals surface area contributed by atoms with Crippen molar-refractivity contribution in [3.8, 4) is 11.1 Å². The summed E-state index contributed by atoms with van der Waals surface area (Å²) in [4.78, 5) is 14.7. The highest BCUT2D eigenvalue weighted by Gasteiger charge is 2.26. The van der Waals surface area contributed by atoms with Crippen LogP contribution < -0.4 is 5.56 Å². The molecule has 3 aromatic rings. The van der Waals surface area contributed by atoms with E-state index in [1.54, 1.807) is 12.3 Å². The van der Waals surface area contributed by atoms with Crippen molar-refractivity contribution in [2.45, 2.75) is 25.8 Å². The highest BCUT2D eigenvalue weighted by atomic mass is 35.5. The van der Waals surface area contributed by atoms with Gasteiger partial charge in [-0.05, 0) is 43.5 Å². The minimum absolute atomic E-state index is 0.172. The van der Waals surface area contributed by atoms with Crippen molar-refractivity contribution in [2.24, 2.45) is 0 Å². The molecule has 4 rings (SSSR count). The van der Waals surface area contributed by atoms with Gasteiger partial charge in [-0.25, -0.2) is 0 Å². The van der Waals surface area contributed by atoms with Gasteiger partial charge < -0.3 is 4.98 Å². The summed E-state index contributed by atoms with van der Waals surface area (Å²) in [6, 6.07) is 8.11. The van der Waals surface area contributed by atoms with Gasteiger partial charge in [-0.1, -0.05) is 17.7 Å². The summed E-state index contributed by atoms with van der Waals surface area (Å²) in [5.41, 5.74) is 3.28. The zero-order valence-electron chi connectivity index (χ0n) is 11.6. The summed E-state index contributed by atoms with van der Waals surface area (Å²) in [6.45, 7) is 2.08. The standard InChI is InChI=1S/C16H14ClN3O/c1-9-12-8-10(15-13(17)6-7-18-16(15)21)2-5-14(12)19-20(9)11-3-4-11/h2,5-8,11H,3-4H2,1H3,(H,18,21). The zero-order valence-corrected chi connectivity index (χ0v) is 12.3. The van der Waals surface area contributed by atoms with Crippen LogP contribution in [0.4, 0.5) is 0 Å². The first-order valence-electron chi connectivity index (χ1n) is 7.01. The lowest BCUT2D eigenvalue weighted by atomic mass is 10.0.